The highest BCUT2D eigenvalue weighted by molar-refractivity contribution is 5.46. The highest BCUT2D eigenvalue weighted by Crippen LogP contribution is 2.66. The van der Waals surface area contributed by atoms with Crippen molar-refractivity contribution >= 4 is 6.41 Å². The van der Waals surface area contributed by atoms with Crippen LogP contribution in [0.1, 0.15) is 27.7 Å². The number of hydrogen-bond donors (Lipinski definition) is 1. The summed E-state index contributed by atoms with van der Waals surface area (Å²) in [6.45, 7) is 10.1. The number of rotatable bonds is 3. The first-order valence-electron chi connectivity index (χ1n) is 5.76. The van der Waals surface area contributed by atoms with Gasteiger partial charge in [-0.15, -0.1) is 0 Å². The fraction of sp³-hybridized carbons (Fsp3) is 0.917. The molecule has 0 aromatic rings. The number of nitrogens with zero attached hydrogens (tertiary/aromatic N) is 1. The van der Waals surface area contributed by atoms with E-state index in [1.807, 2.05) is 0 Å². The number of likely N-dealkylation sites (tertiary alicyclic amines) is 1. The average molecular weight is 210 g/mol. The normalized spacial score (nSPS) is 41.0. The van der Waals surface area contributed by atoms with Crippen LogP contribution in [-0.4, -0.2) is 36.0 Å². The van der Waals surface area contributed by atoms with Gasteiger partial charge in [0, 0.05) is 17.6 Å². The minimum absolute atomic E-state index is 0.267. The molecule has 0 aromatic carbocycles. The van der Waals surface area contributed by atoms with Crippen molar-refractivity contribution in [1.29, 1.82) is 0 Å². The molecule has 3 heteroatoms. The lowest BCUT2D eigenvalue weighted by atomic mass is 9.93. The quantitative estimate of drug-likeness (QED) is 0.707. The van der Waals surface area contributed by atoms with Gasteiger partial charge in [0.1, 0.15) is 0 Å². The van der Waals surface area contributed by atoms with Crippen molar-refractivity contribution in [3.8, 4) is 0 Å². The third kappa shape index (κ3) is 1.25. The lowest BCUT2D eigenvalue weighted by Crippen LogP contribution is -2.51. The first-order chi connectivity index (χ1) is 6.85. The molecule has 1 N–H and O–H groups in total. The van der Waals surface area contributed by atoms with Gasteiger partial charge in [-0.1, -0.05) is 0 Å². The molecule has 15 heavy (non-hydrogen) atoms. The van der Waals surface area contributed by atoms with E-state index < -0.39 is 0 Å². The maximum Gasteiger partial charge on any atom is 0.207 e. The van der Waals surface area contributed by atoms with E-state index in [0.29, 0.717) is 5.92 Å². The molecule has 86 valence electrons. The van der Waals surface area contributed by atoms with E-state index in [1.54, 1.807) is 0 Å². The molecule has 0 spiro atoms. The Bertz CT molecular complexity index is 263. The fourth-order valence-corrected chi connectivity index (χ4v) is 3.93. The van der Waals surface area contributed by atoms with Gasteiger partial charge in [-0.2, -0.15) is 0 Å². The monoisotopic (exact) mass is 210 g/mol. The van der Waals surface area contributed by atoms with Gasteiger partial charge in [0.15, 0.2) is 0 Å². The third-order valence-electron chi connectivity index (χ3n) is 4.97. The second-order valence-electron chi connectivity index (χ2n) is 6.11. The summed E-state index contributed by atoms with van der Waals surface area (Å²) < 4.78 is 0. The smallest absolute Gasteiger partial charge is 0.207 e. The Hall–Kier alpha value is -0.570. The van der Waals surface area contributed by atoms with Crippen molar-refractivity contribution in [2.45, 2.75) is 38.8 Å². The van der Waals surface area contributed by atoms with Crippen LogP contribution < -0.4 is 5.32 Å². The van der Waals surface area contributed by atoms with Crippen LogP contribution in [0.3, 0.4) is 0 Å². The summed E-state index contributed by atoms with van der Waals surface area (Å²) in [7, 11) is 2.22. The van der Waals surface area contributed by atoms with Crippen LogP contribution in [0.15, 0.2) is 0 Å². The van der Waals surface area contributed by atoms with E-state index in [1.165, 1.54) is 0 Å². The number of hydrogen-bond acceptors (Lipinski definition) is 2. The molecule has 1 unspecified atom stereocenters. The second kappa shape index (κ2) is 2.97. The molecule has 0 radical (unpaired) electrons. The van der Waals surface area contributed by atoms with E-state index in [4.69, 9.17) is 0 Å². The Morgan fingerprint density at radius 2 is 1.67 bits per heavy atom. The molecule has 3 nitrogen and oxygen atoms in total. The maximum atomic E-state index is 10.3. The summed E-state index contributed by atoms with van der Waals surface area (Å²) in [6.07, 6.45) is 0.817. The van der Waals surface area contributed by atoms with Crippen molar-refractivity contribution in [1.82, 2.24) is 10.2 Å². The Morgan fingerprint density at radius 1 is 1.20 bits per heavy atom. The van der Waals surface area contributed by atoms with Gasteiger partial charge in [0.05, 0.1) is 0 Å². The SMILES string of the molecule is CN1C(C)(C)[C@@H]2C(CNC=O)[C@@H]2C1(C)C. The zero-order valence-corrected chi connectivity index (χ0v) is 10.4. The summed E-state index contributed by atoms with van der Waals surface area (Å²) >= 11 is 0. The van der Waals surface area contributed by atoms with E-state index in [2.05, 4.69) is 45.0 Å². The molecule has 1 saturated carbocycles. The summed E-state index contributed by atoms with van der Waals surface area (Å²) in [5.41, 5.74) is 0.535. The van der Waals surface area contributed by atoms with E-state index in [0.717, 1.165) is 24.8 Å². The molecule has 1 aliphatic heterocycles. The van der Waals surface area contributed by atoms with Gasteiger partial charge >= 0.3 is 0 Å². The van der Waals surface area contributed by atoms with Gasteiger partial charge in [0.2, 0.25) is 6.41 Å². The summed E-state index contributed by atoms with van der Waals surface area (Å²) in [6, 6.07) is 0. The molecule has 0 bridgehead atoms. The maximum absolute atomic E-state index is 10.3. The summed E-state index contributed by atoms with van der Waals surface area (Å²) in [5.74, 6) is 2.16. The van der Waals surface area contributed by atoms with Crippen LogP contribution in [-0.2, 0) is 4.79 Å². The van der Waals surface area contributed by atoms with Crippen LogP contribution >= 0.6 is 0 Å². The third-order valence-corrected chi connectivity index (χ3v) is 4.97. The highest BCUT2D eigenvalue weighted by Gasteiger charge is 2.71. The number of amides is 1. The minimum atomic E-state index is 0.267. The molecule has 1 heterocycles. The van der Waals surface area contributed by atoms with E-state index >= 15 is 0 Å². The fourth-order valence-electron chi connectivity index (χ4n) is 3.93. The topological polar surface area (TPSA) is 32.3 Å². The van der Waals surface area contributed by atoms with Gasteiger partial charge in [-0.05, 0) is 52.5 Å². The molecule has 1 aliphatic carbocycles. The number of carbonyl (C=O) groups is 1. The zero-order valence-electron chi connectivity index (χ0n) is 10.4. The first-order valence-corrected chi connectivity index (χ1v) is 5.76. The molecule has 3 atom stereocenters. The second-order valence-corrected chi connectivity index (χ2v) is 6.11. The molecular formula is C12H22N2O. The first kappa shape index (κ1) is 10.9. The predicted molar refractivity (Wildman–Crippen MR) is 60.5 cm³/mol. The molecule has 2 aliphatic rings. The Morgan fingerprint density at radius 3 is 2.07 bits per heavy atom. The lowest BCUT2D eigenvalue weighted by Gasteiger charge is -2.42. The Balaban J connectivity index is 2.13. The molecule has 0 aromatic heterocycles. The number of fused-ring (bicyclic) bond motifs is 1. The summed E-state index contributed by atoms with van der Waals surface area (Å²) in [5, 5.41) is 2.83. The van der Waals surface area contributed by atoms with Crippen molar-refractivity contribution in [3.63, 3.8) is 0 Å². The zero-order chi connectivity index (χ0) is 11.4. The molecule has 2 rings (SSSR count). The van der Waals surface area contributed by atoms with Crippen LogP contribution in [0.25, 0.3) is 0 Å². The highest BCUT2D eigenvalue weighted by atomic mass is 16.1. The van der Waals surface area contributed by atoms with Crippen LogP contribution in [0.2, 0.25) is 0 Å². The largest absolute Gasteiger partial charge is 0.358 e. The van der Waals surface area contributed by atoms with Gasteiger partial charge < -0.3 is 5.32 Å². The predicted octanol–water partition coefficient (Wildman–Crippen LogP) is 1.10. The van der Waals surface area contributed by atoms with Crippen LogP contribution in [0, 0.1) is 17.8 Å². The number of nitrogens with one attached hydrogen (secondary N) is 1. The van der Waals surface area contributed by atoms with Crippen LogP contribution in [0.4, 0.5) is 0 Å². The Kier molecular flexibility index (Phi) is 2.16. The molecule has 2 fully saturated rings. The van der Waals surface area contributed by atoms with Crippen molar-refractivity contribution in [2.24, 2.45) is 17.8 Å². The number of piperidine rings is 1. The van der Waals surface area contributed by atoms with Crippen LogP contribution in [0.5, 0.6) is 0 Å². The minimum Gasteiger partial charge on any atom is -0.358 e. The van der Waals surface area contributed by atoms with E-state index in [-0.39, 0.29) is 11.1 Å². The molecule has 1 amide bonds. The van der Waals surface area contributed by atoms with Gasteiger partial charge in [-0.3, -0.25) is 9.69 Å². The number of carbonyl (C=O) groups excluding carboxylic acids is 1. The van der Waals surface area contributed by atoms with Gasteiger partial charge in [0.25, 0.3) is 0 Å². The molecule has 1 saturated heterocycles. The average Bonchev–Trinajstić information content (AvgIpc) is 2.85. The van der Waals surface area contributed by atoms with E-state index in [9.17, 15) is 4.79 Å². The van der Waals surface area contributed by atoms with Crippen molar-refractivity contribution < 1.29 is 4.79 Å². The van der Waals surface area contributed by atoms with Crippen molar-refractivity contribution in [3.05, 3.63) is 0 Å². The molecular weight excluding hydrogens is 188 g/mol. The summed E-state index contributed by atoms with van der Waals surface area (Å²) in [4.78, 5) is 12.8. The Labute approximate surface area is 92.2 Å². The standard InChI is InChI=1S/C12H22N2O/c1-11(2)9-8(6-13-7-15)10(9)12(3,4)14(11)5/h7-10H,6H2,1-5H3,(H,13,15)/t8?,9-,10+. The lowest BCUT2D eigenvalue weighted by molar-refractivity contribution is -0.109. The van der Waals surface area contributed by atoms with Crippen molar-refractivity contribution in [2.75, 3.05) is 13.6 Å². The van der Waals surface area contributed by atoms with Gasteiger partial charge in [-0.25, -0.2) is 0 Å².